The summed E-state index contributed by atoms with van der Waals surface area (Å²) in [5.41, 5.74) is 3.66. The number of hydrogen-bond donors (Lipinski definition) is 2. The summed E-state index contributed by atoms with van der Waals surface area (Å²) in [6.07, 6.45) is 5.51. The molecule has 0 aliphatic carbocycles. The molecule has 2 aromatic rings. The first kappa shape index (κ1) is 17.4. The van der Waals surface area contributed by atoms with Gasteiger partial charge in [0, 0.05) is 29.6 Å². The summed E-state index contributed by atoms with van der Waals surface area (Å²) in [6, 6.07) is 7.95. The van der Waals surface area contributed by atoms with E-state index >= 15 is 0 Å². The normalized spacial score (nSPS) is 15.0. The molecule has 0 bridgehead atoms. The lowest BCUT2D eigenvalue weighted by Crippen LogP contribution is -2.42. The van der Waals surface area contributed by atoms with Gasteiger partial charge in [-0.3, -0.25) is 9.78 Å². The number of aromatic nitrogens is 1. The van der Waals surface area contributed by atoms with Gasteiger partial charge in [0.1, 0.15) is 12.4 Å². The van der Waals surface area contributed by atoms with Crippen LogP contribution in [-0.4, -0.2) is 30.0 Å². The third-order valence-electron chi connectivity index (χ3n) is 4.50. The van der Waals surface area contributed by atoms with Gasteiger partial charge in [0.15, 0.2) is 0 Å². The Kier molecular flexibility index (Phi) is 5.66. The van der Waals surface area contributed by atoms with Crippen molar-refractivity contribution in [3.63, 3.8) is 0 Å². The molecule has 2 N–H and O–H groups in total. The third-order valence-corrected chi connectivity index (χ3v) is 4.50. The SMILES string of the molecule is Cc1cc(C(=O)NC2CCNCC2)cc(C)c1OCc1cccnc1. The Morgan fingerprint density at radius 2 is 2.00 bits per heavy atom. The van der Waals surface area contributed by atoms with Crippen molar-refractivity contribution >= 4 is 5.91 Å². The van der Waals surface area contributed by atoms with Crippen LogP contribution in [0.1, 0.15) is 39.9 Å². The van der Waals surface area contributed by atoms with Gasteiger partial charge in [0.25, 0.3) is 5.91 Å². The number of pyridine rings is 1. The molecule has 1 fully saturated rings. The second kappa shape index (κ2) is 8.12. The van der Waals surface area contributed by atoms with Gasteiger partial charge in [-0.1, -0.05) is 6.07 Å². The Labute approximate surface area is 148 Å². The van der Waals surface area contributed by atoms with E-state index in [1.807, 2.05) is 38.1 Å². The van der Waals surface area contributed by atoms with Crippen LogP contribution in [0.25, 0.3) is 0 Å². The minimum atomic E-state index is -0.00286. The number of carbonyl (C=O) groups is 1. The Balaban J connectivity index is 1.67. The van der Waals surface area contributed by atoms with Gasteiger partial charge >= 0.3 is 0 Å². The number of ether oxygens (including phenoxy) is 1. The molecule has 0 radical (unpaired) electrons. The number of nitrogens with zero attached hydrogens (tertiary/aromatic N) is 1. The van der Waals surface area contributed by atoms with Gasteiger partial charge in [-0.15, -0.1) is 0 Å². The molecule has 0 spiro atoms. The van der Waals surface area contributed by atoms with E-state index in [4.69, 9.17) is 4.74 Å². The highest BCUT2D eigenvalue weighted by atomic mass is 16.5. The summed E-state index contributed by atoms with van der Waals surface area (Å²) in [6.45, 7) is 6.35. The third kappa shape index (κ3) is 4.57. The summed E-state index contributed by atoms with van der Waals surface area (Å²) >= 11 is 0. The molecule has 1 amide bonds. The van der Waals surface area contributed by atoms with Gasteiger partial charge in [0.2, 0.25) is 0 Å². The summed E-state index contributed by atoms with van der Waals surface area (Å²) < 4.78 is 5.96. The van der Waals surface area contributed by atoms with Crippen LogP contribution in [0.4, 0.5) is 0 Å². The molecule has 1 aromatic heterocycles. The number of amides is 1. The summed E-state index contributed by atoms with van der Waals surface area (Å²) in [7, 11) is 0. The first-order valence-corrected chi connectivity index (χ1v) is 8.78. The number of hydrogen-bond acceptors (Lipinski definition) is 4. The average molecular weight is 339 g/mol. The molecule has 132 valence electrons. The number of nitrogens with one attached hydrogen (secondary N) is 2. The number of benzene rings is 1. The van der Waals surface area contributed by atoms with Crippen molar-refractivity contribution in [3.8, 4) is 5.75 Å². The zero-order valence-electron chi connectivity index (χ0n) is 14.8. The lowest BCUT2D eigenvalue weighted by Gasteiger charge is -2.24. The Morgan fingerprint density at radius 3 is 2.64 bits per heavy atom. The van der Waals surface area contributed by atoms with Crippen LogP contribution >= 0.6 is 0 Å². The minimum Gasteiger partial charge on any atom is -0.488 e. The lowest BCUT2D eigenvalue weighted by molar-refractivity contribution is 0.0929. The van der Waals surface area contributed by atoms with Crippen LogP contribution in [-0.2, 0) is 6.61 Å². The monoisotopic (exact) mass is 339 g/mol. The second-order valence-corrected chi connectivity index (χ2v) is 6.59. The lowest BCUT2D eigenvalue weighted by atomic mass is 10.0. The molecule has 1 saturated heterocycles. The summed E-state index contributed by atoms with van der Waals surface area (Å²) in [4.78, 5) is 16.6. The van der Waals surface area contributed by atoms with Crippen molar-refractivity contribution in [2.75, 3.05) is 13.1 Å². The summed E-state index contributed by atoms with van der Waals surface area (Å²) in [5, 5.41) is 6.45. The van der Waals surface area contributed by atoms with Gasteiger partial charge in [-0.2, -0.15) is 0 Å². The van der Waals surface area contributed by atoms with Gasteiger partial charge in [-0.25, -0.2) is 0 Å². The van der Waals surface area contributed by atoms with E-state index in [0.29, 0.717) is 12.2 Å². The maximum absolute atomic E-state index is 12.5. The van der Waals surface area contributed by atoms with Crippen molar-refractivity contribution in [2.24, 2.45) is 0 Å². The van der Waals surface area contributed by atoms with Crippen LogP contribution in [0.15, 0.2) is 36.7 Å². The Hall–Kier alpha value is -2.40. The highest BCUT2D eigenvalue weighted by molar-refractivity contribution is 5.95. The fraction of sp³-hybridized carbons (Fsp3) is 0.400. The Bertz CT molecular complexity index is 702. The maximum atomic E-state index is 12.5. The molecule has 3 rings (SSSR count). The molecule has 0 unspecified atom stereocenters. The maximum Gasteiger partial charge on any atom is 0.251 e. The van der Waals surface area contributed by atoms with E-state index < -0.39 is 0 Å². The molecule has 0 saturated carbocycles. The number of carbonyl (C=O) groups excluding carboxylic acids is 1. The predicted octanol–water partition coefficient (Wildman–Crippen LogP) is 2.76. The largest absolute Gasteiger partial charge is 0.488 e. The molecular weight excluding hydrogens is 314 g/mol. The van der Waals surface area contributed by atoms with Gasteiger partial charge < -0.3 is 15.4 Å². The topological polar surface area (TPSA) is 63.2 Å². The first-order chi connectivity index (χ1) is 12.1. The average Bonchev–Trinajstić information content (AvgIpc) is 2.62. The minimum absolute atomic E-state index is 0.00286. The predicted molar refractivity (Wildman–Crippen MR) is 97.8 cm³/mol. The number of aryl methyl sites for hydroxylation is 2. The number of rotatable bonds is 5. The van der Waals surface area contributed by atoms with Crippen LogP contribution in [0.3, 0.4) is 0 Å². The quantitative estimate of drug-likeness (QED) is 0.879. The molecule has 0 atom stereocenters. The summed E-state index contributed by atoms with van der Waals surface area (Å²) in [5.74, 6) is 0.833. The van der Waals surface area contributed by atoms with E-state index in [-0.39, 0.29) is 11.9 Å². The van der Waals surface area contributed by atoms with Crippen LogP contribution in [0.5, 0.6) is 5.75 Å². The van der Waals surface area contributed by atoms with E-state index in [1.165, 1.54) is 0 Å². The van der Waals surface area contributed by atoms with Gasteiger partial charge in [0.05, 0.1) is 0 Å². The van der Waals surface area contributed by atoms with Crippen LogP contribution < -0.4 is 15.4 Å². The van der Waals surface area contributed by atoms with E-state index in [1.54, 1.807) is 12.4 Å². The molecule has 1 aliphatic heterocycles. The van der Waals surface area contributed by atoms with Crippen LogP contribution in [0.2, 0.25) is 0 Å². The molecule has 2 heterocycles. The highest BCUT2D eigenvalue weighted by Gasteiger charge is 2.18. The van der Waals surface area contributed by atoms with Crippen molar-refractivity contribution in [3.05, 3.63) is 58.9 Å². The smallest absolute Gasteiger partial charge is 0.251 e. The van der Waals surface area contributed by atoms with Crippen LogP contribution in [0, 0.1) is 13.8 Å². The van der Waals surface area contributed by atoms with Crippen molar-refractivity contribution in [1.82, 2.24) is 15.6 Å². The highest BCUT2D eigenvalue weighted by Crippen LogP contribution is 2.26. The molecule has 1 aliphatic rings. The first-order valence-electron chi connectivity index (χ1n) is 8.78. The van der Waals surface area contributed by atoms with Gasteiger partial charge in [-0.05, 0) is 69.1 Å². The van der Waals surface area contributed by atoms with E-state index in [0.717, 1.165) is 48.4 Å². The Morgan fingerprint density at radius 1 is 1.28 bits per heavy atom. The molecule has 5 heteroatoms. The van der Waals surface area contributed by atoms with E-state index in [9.17, 15) is 4.79 Å². The molecule has 1 aromatic carbocycles. The fourth-order valence-electron chi connectivity index (χ4n) is 3.18. The number of piperidine rings is 1. The zero-order valence-corrected chi connectivity index (χ0v) is 14.8. The van der Waals surface area contributed by atoms with Crippen molar-refractivity contribution in [1.29, 1.82) is 0 Å². The van der Waals surface area contributed by atoms with Crippen molar-refractivity contribution in [2.45, 2.75) is 39.3 Å². The standard InChI is InChI=1S/C20H25N3O2/c1-14-10-17(20(24)23-18-5-8-21-9-6-18)11-15(2)19(14)25-13-16-4-3-7-22-12-16/h3-4,7,10-12,18,21H,5-6,8-9,13H2,1-2H3,(H,23,24). The molecular formula is C20H25N3O2. The zero-order chi connectivity index (χ0) is 17.6. The second-order valence-electron chi connectivity index (χ2n) is 6.59. The molecule has 25 heavy (non-hydrogen) atoms. The fourth-order valence-corrected chi connectivity index (χ4v) is 3.18. The van der Waals surface area contributed by atoms with Crippen molar-refractivity contribution < 1.29 is 9.53 Å². The van der Waals surface area contributed by atoms with E-state index in [2.05, 4.69) is 15.6 Å². The molecule has 5 nitrogen and oxygen atoms in total.